The van der Waals surface area contributed by atoms with Crippen LogP contribution in [-0.4, -0.2) is 17.1 Å². The topological polar surface area (TPSA) is 37.9 Å². The molecule has 0 spiro atoms. The molecule has 0 bridgehead atoms. The van der Waals surface area contributed by atoms with Gasteiger partial charge in [-0.1, -0.05) is 18.2 Å². The number of H-pyrrole nitrogens is 1. The Labute approximate surface area is 110 Å². The van der Waals surface area contributed by atoms with Gasteiger partial charge in [0.15, 0.2) is 0 Å². The number of halogens is 1. The Morgan fingerprint density at radius 2 is 1.95 bits per heavy atom. The lowest BCUT2D eigenvalue weighted by atomic mass is 10.2. The normalized spacial score (nSPS) is 10.9. The van der Waals surface area contributed by atoms with Crippen LogP contribution in [0.3, 0.4) is 0 Å². The molecule has 3 rings (SSSR count). The minimum Gasteiger partial charge on any atom is -0.496 e. The summed E-state index contributed by atoms with van der Waals surface area (Å²) in [7, 11) is 1.52. The average molecular weight is 256 g/mol. The number of aromatic amines is 1. The lowest BCUT2D eigenvalue weighted by molar-refractivity contribution is 0.413. The van der Waals surface area contributed by atoms with Crippen molar-refractivity contribution in [3.8, 4) is 17.1 Å². The standard InChI is InChI=1S/C15H13FN2O/c1-9-5-3-7-11-14(9)18-15(17-11)13-10(16)6-4-8-12(13)19-2/h3-8H,1-2H3,(H,17,18). The van der Waals surface area contributed by atoms with Crippen LogP contribution in [0.1, 0.15) is 5.56 Å². The fourth-order valence-electron chi connectivity index (χ4n) is 2.20. The highest BCUT2D eigenvalue weighted by atomic mass is 19.1. The summed E-state index contributed by atoms with van der Waals surface area (Å²) >= 11 is 0. The first-order chi connectivity index (χ1) is 9.20. The molecule has 1 N–H and O–H groups in total. The first-order valence-corrected chi connectivity index (χ1v) is 5.99. The van der Waals surface area contributed by atoms with Crippen molar-refractivity contribution < 1.29 is 9.13 Å². The first-order valence-electron chi connectivity index (χ1n) is 5.99. The van der Waals surface area contributed by atoms with Crippen LogP contribution in [0.2, 0.25) is 0 Å². The van der Waals surface area contributed by atoms with Crippen molar-refractivity contribution >= 4 is 11.0 Å². The average Bonchev–Trinajstić information content (AvgIpc) is 2.83. The van der Waals surface area contributed by atoms with Crippen LogP contribution in [0, 0.1) is 12.7 Å². The Morgan fingerprint density at radius 1 is 1.16 bits per heavy atom. The fourth-order valence-corrected chi connectivity index (χ4v) is 2.20. The van der Waals surface area contributed by atoms with E-state index in [-0.39, 0.29) is 5.82 Å². The van der Waals surface area contributed by atoms with Crippen LogP contribution in [0.15, 0.2) is 36.4 Å². The number of rotatable bonds is 2. The summed E-state index contributed by atoms with van der Waals surface area (Å²) < 4.78 is 19.2. The van der Waals surface area contributed by atoms with Crippen LogP contribution in [0.25, 0.3) is 22.4 Å². The van der Waals surface area contributed by atoms with Gasteiger partial charge in [-0.05, 0) is 30.7 Å². The number of hydrogen-bond donors (Lipinski definition) is 1. The van der Waals surface area contributed by atoms with Gasteiger partial charge in [-0.2, -0.15) is 0 Å². The molecule has 0 fully saturated rings. The second kappa shape index (κ2) is 4.39. The largest absolute Gasteiger partial charge is 0.496 e. The van der Waals surface area contributed by atoms with Crippen LogP contribution < -0.4 is 4.74 Å². The smallest absolute Gasteiger partial charge is 0.145 e. The summed E-state index contributed by atoms with van der Waals surface area (Å²) in [4.78, 5) is 7.61. The van der Waals surface area contributed by atoms with E-state index in [0.717, 1.165) is 16.6 Å². The van der Waals surface area contributed by atoms with Crippen molar-refractivity contribution in [3.05, 3.63) is 47.8 Å². The second-order valence-corrected chi connectivity index (χ2v) is 4.37. The van der Waals surface area contributed by atoms with E-state index in [1.807, 2.05) is 25.1 Å². The minimum absolute atomic E-state index is 0.351. The number of methoxy groups -OCH3 is 1. The zero-order valence-corrected chi connectivity index (χ0v) is 10.7. The van der Waals surface area contributed by atoms with Gasteiger partial charge in [-0.15, -0.1) is 0 Å². The summed E-state index contributed by atoms with van der Waals surface area (Å²) in [5.74, 6) is 0.604. The maximum atomic E-state index is 14.0. The summed E-state index contributed by atoms with van der Waals surface area (Å²) in [5, 5.41) is 0. The molecule has 0 unspecified atom stereocenters. The van der Waals surface area contributed by atoms with Gasteiger partial charge in [-0.25, -0.2) is 9.37 Å². The highest BCUT2D eigenvalue weighted by Crippen LogP contribution is 2.32. The summed E-state index contributed by atoms with van der Waals surface area (Å²) in [6, 6.07) is 10.6. The van der Waals surface area contributed by atoms with E-state index in [2.05, 4.69) is 9.97 Å². The number of nitrogens with one attached hydrogen (secondary N) is 1. The van der Waals surface area contributed by atoms with E-state index in [4.69, 9.17) is 4.74 Å². The lowest BCUT2D eigenvalue weighted by Gasteiger charge is -2.06. The Balaban J connectivity index is 2.28. The molecule has 3 nitrogen and oxygen atoms in total. The van der Waals surface area contributed by atoms with Gasteiger partial charge in [0.05, 0.1) is 23.7 Å². The SMILES string of the molecule is COc1cccc(F)c1-c1nc2c(C)cccc2[nH]1. The molecular formula is C15H13FN2O. The van der Waals surface area contributed by atoms with Gasteiger partial charge >= 0.3 is 0 Å². The molecular weight excluding hydrogens is 243 g/mol. The number of para-hydroxylation sites is 1. The number of hydrogen-bond acceptors (Lipinski definition) is 2. The maximum absolute atomic E-state index is 14.0. The molecule has 19 heavy (non-hydrogen) atoms. The van der Waals surface area contributed by atoms with Crippen LogP contribution in [0.4, 0.5) is 4.39 Å². The maximum Gasteiger partial charge on any atom is 0.145 e. The third-order valence-corrected chi connectivity index (χ3v) is 3.15. The summed E-state index contributed by atoms with van der Waals surface area (Å²) in [6.45, 7) is 1.98. The van der Waals surface area contributed by atoms with Crippen molar-refractivity contribution in [1.82, 2.24) is 9.97 Å². The van der Waals surface area contributed by atoms with Gasteiger partial charge in [0.25, 0.3) is 0 Å². The third-order valence-electron chi connectivity index (χ3n) is 3.15. The van der Waals surface area contributed by atoms with Crippen molar-refractivity contribution in [2.75, 3.05) is 7.11 Å². The van der Waals surface area contributed by atoms with Crippen LogP contribution in [-0.2, 0) is 0 Å². The van der Waals surface area contributed by atoms with Crippen LogP contribution >= 0.6 is 0 Å². The summed E-state index contributed by atoms with van der Waals surface area (Å²) in [6.07, 6.45) is 0. The lowest BCUT2D eigenvalue weighted by Crippen LogP contribution is -1.92. The fraction of sp³-hybridized carbons (Fsp3) is 0.133. The quantitative estimate of drug-likeness (QED) is 0.759. The molecule has 2 aromatic carbocycles. The molecule has 0 saturated carbocycles. The zero-order chi connectivity index (χ0) is 13.4. The van der Waals surface area contributed by atoms with Gasteiger partial charge in [0.2, 0.25) is 0 Å². The van der Waals surface area contributed by atoms with Crippen molar-refractivity contribution in [1.29, 1.82) is 0 Å². The minimum atomic E-state index is -0.351. The van der Waals surface area contributed by atoms with Gasteiger partial charge < -0.3 is 9.72 Å². The number of aryl methyl sites for hydroxylation is 1. The third kappa shape index (κ3) is 1.85. The van der Waals surface area contributed by atoms with Gasteiger partial charge in [0, 0.05) is 0 Å². The van der Waals surface area contributed by atoms with E-state index in [1.54, 1.807) is 12.1 Å². The van der Waals surface area contributed by atoms with E-state index >= 15 is 0 Å². The van der Waals surface area contributed by atoms with Gasteiger partial charge in [0.1, 0.15) is 17.4 Å². The van der Waals surface area contributed by atoms with E-state index in [0.29, 0.717) is 17.1 Å². The van der Waals surface area contributed by atoms with E-state index in [9.17, 15) is 4.39 Å². The molecule has 1 aromatic heterocycles. The molecule has 1 heterocycles. The Morgan fingerprint density at radius 3 is 2.68 bits per heavy atom. The number of fused-ring (bicyclic) bond motifs is 1. The first kappa shape index (κ1) is 11.7. The van der Waals surface area contributed by atoms with E-state index < -0.39 is 0 Å². The molecule has 0 aliphatic rings. The monoisotopic (exact) mass is 256 g/mol. The molecule has 96 valence electrons. The molecule has 0 atom stereocenters. The van der Waals surface area contributed by atoms with Crippen molar-refractivity contribution in [2.24, 2.45) is 0 Å². The number of ether oxygens (including phenoxy) is 1. The van der Waals surface area contributed by atoms with Crippen molar-refractivity contribution in [3.63, 3.8) is 0 Å². The Hall–Kier alpha value is -2.36. The highest BCUT2D eigenvalue weighted by molar-refractivity contribution is 5.83. The molecule has 0 amide bonds. The molecule has 0 aliphatic heterocycles. The summed E-state index contributed by atoms with van der Waals surface area (Å²) in [5.41, 5.74) is 3.15. The molecule has 4 heteroatoms. The Kier molecular flexibility index (Phi) is 2.71. The number of imidazole rings is 1. The Bertz CT molecular complexity index is 749. The molecule has 3 aromatic rings. The zero-order valence-electron chi connectivity index (χ0n) is 10.7. The highest BCUT2D eigenvalue weighted by Gasteiger charge is 2.15. The number of benzene rings is 2. The number of aromatic nitrogens is 2. The van der Waals surface area contributed by atoms with Crippen LogP contribution in [0.5, 0.6) is 5.75 Å². The second-order valence-electron chi connectivity index (χ2n) is 4.37. The predicted molar refractivity (Wildman–Crippen MR) is 72.8 cm³/mol. The number of nitrogens with zero attached hydrogens (tertiary/aromatic N) is 1. The molecule has 0 saturated heterocycles. The molecule has 0 radical (unpaired) electrons. The van der Waals surface area contributed by atoms with Crippen molar-refractivity contribution in [2.45, 2.75) is 6.92 Å². The van der Waals surface area contributed by atoms with E-state index in [1.165, 1.54) is 13.2 Å². The predicted octanol–water partition coefficient (Wildman–Crippen LogP) is 3.69. The molecule has 0 aliphatic carbocycles. The van der Waals surface area contributed by atoms with Gasteiger partial charge in [-0.3, -0.25) is 0 Å².